The summed E-state index contributed by atoms with van der Waals surface area (Å²) in [4.78, 5) is 20.2. The van der Waals surface area contributed by atoms with E-state index >= 15 is 4.39 Å². The van der Waals surface area contributed by atoms with Gasteiger partial charge in [-0.1, -0.05) is 19.6 Å². The summed E-state index contributed by atoms with van der Waals surface area (Å²) in [6.07, 6.45) is 11.7. The van der Waals surface area contributed by atoms with Crippen molar-refractivity contribution in [2.24, 2.45) is 0 Å². The molecular formula is C32H34F3N7O. The van der Waals surface area contributed by atoms with Crippen LogP contribution in [0.1, 0.15) is 44.1 Å². The molecule has 0 bridgehead atoms. The fourth-order valence-electron chi connectivity index (χ4n) is 5.89. The van der Waals surface area contributed by atoms with Crippen molar-refractivity contribution in [3.8, 4) is 11.5 Å². The number of aromatic nitrogens is 4. The molecule has 3 aromatic heterocycles. The van der Waals surface area contributed by atoms with Crippen LogP contribution < -0.4 is 15.0 Å². The molecule has 43 heavy (non-hydrogen) atoms. The highest BCUT2D eigenvalue weighted by Crippen LogP contribution is 2.38. The number of pyridine rings is 1. The highest BCUT2D eigenvalue weighted by atomic mass is 19.3. The van der Waals surface area contributed by atoms with Gasteiger partial charge in [0.2, 0.25) is 0 Å². The normalized spacial score (nSPS) is 17.4. The number of anilines is 3. The second-order valence-corrected chi connectivity index (χ2v) is 10.9. The van der Waals surface area contributed by atoms with Gasteiger partial charge in [-0.3, -0.25) is 0 Å². The zero-order valence-electron chi connectivity index (χ0n) is 24.0. The van der Waals surface area contributed by atoms with Crippen molar-refractivity contribution in [1.82, 2.24) is 24.8 Å². The van der Waals surface area contributed by atoms with Crippen molar-refractivity contribution in [3.05, 3.63) is 84.9 Å². The van der Waals surface area contributed by atoms with E-state index in [1.165, 1.54) is 29.2 Å². The molecule has 6 rings (SSSR count). The highest BCUT2D eigenvalue weighted by molar-refractivity contribution is 5.92. The first kappa shape index (κ1) is 28.6. The Kier molecular flexibility index (Phi) is 7.96. The molecule has 11 heteroatoms. The SMILES string of the molecule is C=C/C(=C\CC)N1CCC(c2c[nH]c3ncnc(Nc4ccc(Oc5ccnc(N6CCC(F)(F)C6)c5)cc4F)c23)CC1. The van der Waals surface area contributed by atoms with Crippen LogP contribution in [-0.2, 0) is 0 Å². The molecule has 2 saturated heterocycles. The Morgan fingerprint density at radius 3 is 2.67 bits per heavy atom. The summed E-state index contributed by atoms with van der Waals surface area (Å²) in [6.45, 7) is 7.76. The van der Waals surface area contributed by atoms with Gasteiger partial charge in [-0.05, 0) is 55.0 Å². The van der Waals surface area contributed by atoms with E-state index in [9.17, 15) is 8.78 Å². The number of nitrogens with one attached hydrogen (secondary N) is 2. The fourth-order valence-corrected chi connectivity index (χ4v) is 5.89. The third-order valence-electron chi connectivity index (χ3n) is 8.06. The van der Waals surface area contributed by atoms with Gasteiger partial charge in [0.15, 0.2) is 0 Å². The molecule has 0 saturated carbocycles. The van der Waals surface area contributed by atoms with Gasteiger partial charge in [-0.2, -0.15) is 0 Å². The third kappa shape index (κ3) is 6.16. The summed E-state index contributed by atoms with van der Waals surface area (Å²) in [5.74, 6) is -1.39. The van der Waals surface area contributed by atoms with Crippen molar-refractivity contribution >= 4 is 28.4 Å². The van der Waals surface area contributed by atoms with Crippen molar-refractivity contribution < 1.29 is 17.9 Å². The van der Waals surface area contributed by atoms with Gasteiger partial charge in [0.05, 0.1) is 17.6 Å². The third-order valence-corrected chi connectivity index (χ3v) is 8.06. The number of hydrogen-bond donors (Lipinski definition) is 2. The number of aromatic amines is 1. The minimum atomic E-state index is -2.74. The van der Waals surface area contributed by atoms with E-state index in [0.717, 1.165) is 43.3 Å². The Labute approximate surface area is 248 Å². The second kappa shape index (κ2) is 12.0. The minimum absolute atomic E-state index is 0.212. The Morgan fingerprint density at radius 1 is 1.14 bits per heavy atom. The molecule has 0 atom stereocenters. The molecule has 5 heterocycles. The molecule has 2 N–H and O–H groups in total. The molecule has 0 spiro atoms. The number of fused-ring (bicyclic) bond motifs is 1. The van der Waals surface area contributed by atoms with Crippen LogP contribution in [-0.4, -0.2) is 56.9 Å². The lowest BCUT2D eigenvalue weighted by Gasteiger charge is -2.34. The molecule has 2 aliphatic rings. The van der Waals surface area contributed by atoms with Crippen LogP contribution in [0.4, 0.5) is 30.5 Å². The first-order chi connectivity index (χ1) is 20.8. The first-order valence-electron chi connectivity index (χ1n) is 14.6. The number of benzene rings is 1. The average molecular weight is 590 g/mol. The molecule has 0 radical (unpaired) electrons. The van der Waals surface area contributed by atoms with Crippen molar-refractivity contribution in [2.45, 2.75) is 44.4 Å². The molecule has 0 amide bonds. The number of likely N-dealkylation sites (tertiary alicyclic amines) is 1. The summed E-state index contributed by atoms with van der Waals surface area (Å²) in [5.41, 5.74) is 3.22. The Morgan fingerprint density at radius 2 is 1.95 bits per heavy atom. The van der Waals surface area contributed by atoms with Gasteiger partial charge in [0.1, 0.15) is 40.9 Å². The lowest BCUT2D eigenvalue weighted by molar-refractivity contribution is 0.0256. The summed E-state index contributed by atoms with van der Waals surface area (Å²) < 4.78 is 48.5. The second-order valence-electron chi connectivity index (χ2n) is 10.9. The molecule has 1 aromatic carbocycles. The van der Waals surface area contributed by atoms with Crippen LogP contribution >= 0.6 is 0 Å². The molecule has 4 aromatic rings. The predicted molar refractivity (Wildman–Crippen MR) is 162 cm³/mol. The highest BCUT2D eigenvalue weighted by Gasteiger charge is 2.38. The number of allylic oxidation sites excluding steroid dienone is 2. The Hall–Kier alpha value is -4.54. The maximum atomic E-state index is 15.3. The quantitative estimate of drug-likeness (QED) is 0.195. The summed E-state index contributed by atoms with van der Waals surface area (Å²) in [7, 11) is 0. The number of H-pyrrole nitrogens is 1. The van der Waals surface area contributed by atoms with Gasteiger partial charge in [-0.25, -0.2) is 28.1 Å². The maximum absolute atomic E-state index is 15.3. The number of ether oxygens (including phenoxy) is 1. The van der Waals surface area contributed by atoms with Crippen LogP contribution in [0.5, 0.6) is 11.5 Å². The van der Waals surface area contributed by atoms with Crippen LogP contribution in [0.3, 0.4) is 0 Å². The Balaban J connectivity index is 1.17. The van der Waals surface area contributed by atoms with E-state index in [2.05, 4.69) is 49.7 Å². The number of rotatable bonds is 9. The summed E-state index contributed by atoms with van der Waals surface area (Å²) in [5, 5.41) is 4.01. The zero-order valence-corrected chi connectivity index (χ0v) is 24.0. The lowest BCUT2D eigenvalue weighted by atomic mass is 9.89. The molecule has 224 valence electrons. The van der Waals surface area contributed by atoms with Gasteiger partial charge in [-0.15, -0.1) is 0 Å². The number of alkyl halides is 2. The van der Waals surface area contributed by atoms with Gasteiger partial charge in [0, 0.05) is 56.3 Å². The topological polar surface area (TPSA) is 82.2 Å². The van der Waals surface area contributed by atoms with E-state index in [1.807, 2.05) is 12.3 Å². The summed E-state index contributed by atoms with van der Waals surface area (Å²) >= 11 is 0. The van der Waals surface area contributed by atoms with E-state index in [1.54, 1.807) is 24.3 Å². The summed E-state index contributed by atoms with van der Waals surface area (Å²) in [6, 6.07) is 7.70. The van der Waals surface area contributed by atoms with Crippen LogP contribution in [0, 0.1) is 5.82 Å². The molecule has 0 unspecified atom stereocenters. The smallest absolute Gasteiger partial charge is 0.266 e. The maximum Gasteiger partial charge on any atom is 0.266 e. The van der Waals surface area contributed by atoms with Gasteiger partial charge in [0.25, 0.3) is 5.92 Å². The molecule has 2 fully saturated rings. The standard InChI is InChI=1S/C32H34F3N7O/c1-3-5-22(4-2)41-13-9-21(10-14-41)25-18-37-30-29(25)31(39-20-38-30)40-27-7-6-23(16-26(27)33)43-24-8-12-36-28(17-24)42-15-11-32(34,35)19-42/h4-8,12,16-18,20-21H,2-3,9-11,13-15,19H2,1H3,(H2,37,38,39,40)/b22-5+. The van der Waals surface area contributed by atoms with Crippen molar-refractivity contribution in [3.63, 3.8) is 0 Å². The Bertz CT molecular complexity index is 1650. The van der Waals surface area contributed by atoms with Gasteiger partial charge >= 0.3 is 0 Å². The number of halogens is 3. The van der Waals surface area contributed by atoms with Gasteiger partial charge < -0.3 is 24.8 Å². The molecule has 8 nitrogen and oxygen atoms in total. The molecule has 2 aliphatic heterocycles. The average Bonchev–Trinajstić information content (AvgIpc) is 3.61. The van der Waals surface area contributed by atoms with E-state index < -0.39 is 11.7 Å². The molecule has 0 aliphatic carbocycles. The lowest BCUT2D eigenvalue weighted by Crippen LogP contribution is -2.31. The fraction of sp³-hybridized carbons (Fsp3) is 0.344. The van der Waals surface area contributed by atoms with Crippen LogP contribution in [0.2, 0.25) is 0 Å². The number of nitrogens with zero attached hydrogens (tertiary/aromatic N) is 5. The number of piperidine rings is 1. The van der Waals surface area contributed by atoms with E-state index in [4.69, 9.17) is 4.74 Å². The van der Waals surface area contributed by atoms with Crippen molar-refractivity contribution in [2.75, 3.05) is 36.4 Å². The van der Waals surface area contributed by atoms with Crippen molar-refractivity contribution in [1.29, 1.82) is 0 Å². The minimum Gasteiger partial charge on any atom is -0.457 e. The number of hydrogen-bond acceptors (Lipinski definition) is 7. The van der Waals surface area contributed by atoms with E-state index in [0.29, 0.717) is 29.0 Å². The molecular weight excluding hydrogens is 555 g/mol. The van der Waals surface area contributed by atoms with E-state index in [-0.39, 0.29) is 30.9 Å². The largest absolute Gasteiger partial charge is 0.457 e. The van der Waals surface area contributed by atoms with Crippen LogP contribution in [0.15, 0.2) is 73.5 Å². The monoisotopic (exact) mass is 589 g/mol. The zero-order chi connectivity index (χ0) is 30.0. The van der Waals surface area contributed by atoms with Crippen LogP contribution in [0.25, 0.3) is 11.0 Å². The predicted octanol–water partition coefficient (Wildman–Crippen LogP) is 7.53. The first-order valence-corrected chi connectivity index (χ1v) is 14.6.